The maximum Gasteiger partial charge on any atom is 0.259 e. The number of amides is 1. The highest BCUT2D eigenvalue weighted by molar-refractivity contribution is 7.81. The van der Waals surface area contributed by atoms with Gasteiger partial charge in [-0.05, 0) is 95.5 Å². The summed E-state index contributed by atoms with van der Waals surface area (Å²) in [5.74, 6) is 2.17. The summed E-state index contributed by atoms with van der Waals surface area (Å²) < 4.78 is 5.26. The first-order valence-electron chi connectivity index (χ1n) is 13.9. The van der Waals surface area contributed by atoms with Gasteiger partial charge in [-0.15, -0.1) is 0 Å². The topological polar surface area (TPSA) is 105 Å². The molecule has 1 fully saturated rings. The highest BCUT2D eigenvalue weighted by Gasteiger charge is 2.37. The van der Waals surface area contributed by atoms with Crippen molar-refractivity contribution in [3.63, 3.8) is 0 Å². The number of rotatable bonds is 5. The van der Waals surface area contributed by atoms with Crippen LogP contribution in [0.25, 0.3) is 0 Å². The molecule has 0 radical (unpaired) electrons. The van der Waals surface area contributed by atoms with Crippen molar-refractivity contribution >= 4 is 63.9 Å². The number of anilines is 4. The van der Waals surface area contributed by atoms with E-state index in [4.69, 9.17) is 33.1 Å². The molecule has 1 aliphatic heterocycles. The zero-order valence-electron chi connectivity index (χ0n) is 24.6. The van der Waals surface area contributed by atoms with Crippen LogP contribution < -0.4 is 15.5 Å². The fraction of sp³-hybridized carbons (Fsp3) is 0.281. The Morgan fingerprint density at radius 2 is 1.93 bits per heavy atom. The van der Waals surface area contributed by atoms with Gasteiger partial charge in [0.1, 0.15) is 22.2 Å². The Balaban J connectivity index is 0.000000172. The molecule has 2 N–H and O–H groups in total. The minimum atomic E-state index is -0.348. The smallest absolute Gasteiger partial charge is 0.259 e. The highest BCUT2D eigenvalue weighted by atomic mass is 35.5. The van der Waals surface area contributed by atoms with Crippen LogP contribution in [0.5, 0.6) is 0 Å². The number of aromatic nitrogens is 2. The number of halogens is 1. The summed E-state index contributed by atoms with van der Waals surface area (Å²) in [4.78, 5) is 29.3. The molecule has 0 unspecified atom stereocenters. The van der Waals surface area contributed by atoms with Crippen LogP contribution in [0.4, 0.5) is 23.0 Å². The molecule has 0 saturated heterocycles. The molecule has 1 amide bonds. The maximum absolute atomic E-state index is 12.4. The second kappa shape index (κ2) is 12.5. The molecule has 2 aliphatic rings. The van der Waals surface area contributed by atoms with E-state index in [1.54, 1.807) is 37.0 Å². The molecule has 0 bridgehead atoms. The van der Waals surface area contributed by atoms with E-state index in [2.05, 4.69) is 30.7 Å². The Morgan fingerprint density at radius 3 is 2.63 bits per heavy atom. The zero-order chi connectivity index (χ0) is 30.7. The molecule has 0 atom stereocenters. The lowest BCUT2D eigenvalue weighted by Gasteiger charge is -2.23. The number of carbonyl (C=O) groups excluding carboxylic acids is 1. The zero-order valence-corrected chi connectivity index (χ0v) is 26.2. The average Bonchev–Trinajstić information content (AvgIpc) is 3.72. The summed E-state index contributed by atoms with van der Waals surface area (Å²) in [5, 5.41) is 10.7. The summed E-state index contributed by atoms with van der Waals surface area (Å²) in [6.07, 6.45) is 8.93. The number of hydrogen-bond donors (Lipinski definition) is 2. The number of thiocarbonyl (C=S) groups is 1. The first-order chi connectivity index (χ1) is 20.5. The minimum absolute atomic E-state index is 0.117. The molecule has 222 valence electrons. The fourth-order valence-corrected chi connectivity index (χ4v) is 4.88. The van der Waals surface area contributed by atoms with E-state index >= 15 is 0 Å². The number of nitrogens with one attached hydrogen (secondary N) is 2. The molecule has 9 nitrogen and oxygen atoms in total. The number of aryl methyl sites for hydroxylation is 2. The van der Waals surface area contributed by atoms with Gasteiger partial charge in [0.05, 0.1) is 29.3 Å². The van der Waals surface area contributed by atoms with Gasteiger partial charge in [-0.2, -0.15) is 0 Å². The quantitative estimate of drug-likeness (QED) is 0.133. The van der Waals surface area contributed by atoms with Crippen molar-refractivity contribution in [1.29, 1.82) is 0 Å². The molecule has 1 saturated carbocycles. The van der Waals surface area contributed by atoms with Gasteiger partial charge in [-0.3, -0.25) is 4.79 Å². The van der Waals surface area contributed by atoms with Crippen LogP contribution in [-0.4, -0.2) is 38.7 Å². The normalized spacial score (nSPS) is 14.2. The summed E-state index contributed by atoms with van der Waals surface area (Å²) >= 11 is 11.6. The second-order valence-electron chi connectivity index (χ2n) is 11.3. The van der Waals surface area contributed by atoms with Crippen molar-refractivity contribution in [2.24, 2.45) is 5.16 Å². The molecule has 0 spiro atoms. The first kappa shape index (κ1) is 30.2. The van der Waals surface area contributed by atoms with Gasteiger partial charge in [-0.25, -0.2) is 9.97 Å². The Labute approximate surface area is 261 Å². The SMILES string of the molecule is Cc1ccnc2c1NC(=O)c1cccnc1N2C1CC1.Cc1occc1C(=S)Nc1ccc(Cl)c(/C=N/OC(C)(C)C)c1. The lowest BCUT2D eigenvalue weighted by Crippen LogP contribution is -2.22. The van der Waals surface area contributed by atoms with E-state index in [9.17, 15) is 4.79 Å². The lowest BCUT2D eigenvalue weighted by atomic mass is 10.2. The number of oxime groups is 1. The first-order valence-corrected chi connectivity index (χ1v) is 14.7. The monoisotopic (exact) mass is 616 g/mol. The average molecular weight is 617 g/mol. The van der Waals surface area contributed by atoms with E-state index < -0.39 is 0 Å². The molecule has 4 heterocycles. The van der Waals surface area contributed by atoms with Crippen molar-refractivity contribution in [2.45, 2.75) is 59.1 Å². The summed E-state index contributed by atoms with van der Waals surface area (Å²) in [6.45, 7) is 9.63. The molecule has 3 aromatic heterocycles. The van der Waals surface area contributed by atoms with E-state index in [0.29, 0.717) is 27.4 Å². The number of fused-ring (bicyclic) bond motifs is 2. The Bertz CT molecular complexity index is 1690. The molecule has 43 heavy (non-hydrogen) atoms. The number of hydrogen-bond acceptors (Lipinski definition) is 8. The fourth-order valence-electron chi connectivity index (χ4n) is 4.39. The predicted molar refractivity (Wildman–Crippen MR) is 175 cm³/mol. The summed E-state index contributed by atoms with van der Waals surface area (Å²) in [6, 6.07) is 13.2. The van der Waals surface area contributed by atoms with Gasteiger partial charge in [0.15, 0.2) is 5.82 Å². The molecule has 1 aliphatic carbocycles. The third-order valence-corrected chi connectivity index (χ3v) is 7.32. The van der Waals surface area contributed by atoms with Gasteiger partial charge < -0.3 is 24.8 Å². The van der Waals surface area contributed by atoms with Gasteiger partial charge in [0.25, 0.3) is 5.91 Å². The van der Waals surface area contributed by atoms with Crippen LogP contribution in [0.3, 0.4) is 0 Å². The number of pyridine rings is 2. The molecule has 11 heteroatoms. The van der Waals surface area contributed by atoms with Crippen LogP contribution in [0.15, 0.2) is 70.7 Å². The molecular formula is C32H33ClN6O3S. The third-order valence-electron chi connectivity index (χ3n) is 6.65. The van der Waals surface area contributed by atoms with E-state index in [1.807, 2.05) is 65.0 Å². The van der Waals surface area contributed by atoms with Crippen molar-refractivity contribution in [2.75, 3.05) is 15.5 Å². The van der Waals surface area contributed by atoms with Crippen molar-refractivity contribution in [3.8, 4) is 0 Å². The maximum atomic E-state index is 12.4. The largest absolute Gasteiger partial charge is 0.469 e. The number of benzene rings is 1. The van der Waals surface area contributed by atoms with Crippen LogP contribution >= 0.6 is 23.8 Å². The minimum Gasteiger partial charge on any atom is -0.469 e. The molecule has 6 rings (SSSR count). The third kappa shape index (κ3) is 7.21. The van der Waals surface area contributed by atoms with Crippen LogP contribution in [0, 0.1) is 13.8 Å². The Hall–Kier alpha value is -4.28. The van der Waals surface area contributed by atoms with Gasteiger partial charge >= 0.3 is 0 Å². The lowest BCUT2D eigenvalue weighted by molar-refractivity contribution is 0.00199. The Morgan fingerprint density at radius 1 is 1.16 bits per heavy atom. The van der Waals surface area contributed by atoms with Gasteiger partial charge in [0, 0.05) is 34.7 Å². The number of furan rings is 1. The van der Waals surface area contributed by atoms with E-state index in [1.165, 1.54) is 0 Å². The van der Waals surface area contributed by atoms with Crippen molar-refractivity contribution < 1.29 is 14.0 Å². The standard InChI is InChI=1S/C17H19ClN2O2S.C15H14N4O/c1-11-14(7-8-21-11)16(23)20-13-5-6-15(18)12(9-13)10-19-22-17(2,3)4;1-9-6-8-17-14-12(9)18-15(20)11-3-2-7-16-13(11)19(14)10-4-5-10/h5-10H,1-4H3,(H,20,23);2-3,6-8,10H,4-5H2,1H3,(H,18,20)/b19-10+;. The second-order valence-corrected chi connectivity index (χ2v) is 12.1. The number of carbonyl (C=O) groups is 1. The van der Waals surface area contributed by atoms with Gasteiger partial charge in [0.2, 0.25) is 0 Å². The van der Waals surface area contributed by atoms with Crippen molar-refractivity contribution in [1.82, 2.24) is 9.97 Å². The van der Waals surface area contributed by atoms with Crippen LogP contribution in [0.1, 0.15) is 66.4 Å². The summed E-state index contributed by atoms with van der Waals surface area (Å²) in [7, 11) is 0. The predicted octanol–water partition coefficient (Wildman–Crippen LogP) is 7.83. The van der Waals surface area contributed by atoms with Crippen molar-refractivity contribution in [3.05, 3.63) is 94.2 Å². The van der Waals surface area contributed by atoms with Gasteiger partial charge in [-0.1, -0.05) is 29.0 Å². The van der Waals surface area contributed by atoms with Crippen LogP contribution in [0.2, 0.25) is 5.02 Å². The molecule has 4 aromatic rings. The molecule has 1 aromatic carbocycles. The Kier molecular flexibility index (Phi) is 8.79. The van der Waals surface area contributed by atoms with E-state index in [-0.39, 0.29) is 11.5 Å². The molecular weight excluding hydrogens is 584 g/mol. The number of nitrogens with zero attached hydrogens (tertiary/aromatic N) is 4. The highest BCUT2D eigenvalue weighted by Crippen LogP contribution is 2.43. The summed E-state index contributed by atoms with van der Waals surface area (Å²) in [5.41, 5.74) is 4.49. The van der Waals surface area contributed by atoms with E-state index in [0.717, 1.165) is 52.5 Å². The van der Waals surface area contributed by atoms with Crippen LogP contribution in [-0.2, 0) is 4.84 Å².